The van der Waals surface area contributed by atoms with E-state index >= 15 is 0 Å². The molecule has 0 bridgehead atoms. The molecule has 9 nitrogen and oxygen atoms in total. The summed E-state index contributed by atoms with van der Waals surface area (Å²) in [5.74, 6) is -2.69. The number of hydrogen-bond donors (Lipinski definition) is 3. The second-order valence-electron chi connectivity index (χ2n) is 6.21. The van der Waals surface area contributed by atoms with E-state index in [0.29, 0.717) is 11.3 Å². The molecule has 0 saturated carbocycles. The molecular formula is C17H17N3O6. The van der Waals surface area contributed by atoms with E-state index in [1.165, 1.54) is 11.0 Å². The molecule has 1 aromatic rings. The van der Waals surface area contributed by atoms with Crippen molar-refractivity contribution >= 4 is 35.3 Å². The van der Waals surface area contributed by atoms with Gasteiger partial charge in [-0.3, -0.25) is 29.3 Å². The number of carboxylic acids is 1. The fourth-order valence-electron chi connectivity index (χ4n) is 3.08. The van der Waals surface area contributed by atoms with Gasteiger partial charge in [-0.25, -0.2) is 0 Å². The topological polar surface area (TPSA) is 133 Å². The lowest BCUT2D eigenvalue weighted by molar-refractivity contribution is -0.138. The Morgan fingerprint density at radius 2 is 2.00 bits per heavy atom. The van der Waals surface area contributed by atoms with Crippen LogP contribution in [0, 0.1) is 0 Å². The zero-order valence-electron chi connectivity index (χ0n) is 13.8. The zero-order chi connectivity index (χ0) is 18.8. The fraction of sp³-hybridized carbons (Fsp3) is 0.353. The highest BCUT2D eigenvalue weighted by atomic mass is 16.4. The number of anilines is 1. The minimum absolute atomic E-state index is 0.164. The maximum absolute atomic E-state index is 12.6. The highest BCUT2D eigenvalue weighted by Gasteiger charge is 2.39. The highest BCUT2D eigenvalue weighted by Crippen LogP contribution is 2.29. The normalized spacial score (nSPS) is 19.2. The summed E-state index contributed by atoms with van der Waals surface area (Å²) in [4.78, 5) is 59.6. The largest absolute Gasteiger partial charge is 0.481 e. The van der Waals surface area contributed by atoms with Crippen LogP contribution in [-0.4, -0.2) is 45.6 Å². The van der Waals surface area contributed by atoms with E-state index in [1.54, 1.807) is 12.1 Å². The van der Waals surface area contributed by atoms with E-state index in [-0.39, 0.29) is 44.0 Å². The van der Waals surface area contributed by atoms with Gasteiger partial charge in [0.25, 0.3) is 5.91 Å². The van der Waals surface area contributed by atoms with Gasteiger partial charge in [-0.05, 0) is 24.1 Å². The van der Waals surface area contributed by atoms with Crippen LogP contribution in [0.25, 0.3) is 0 Å². The van der Waals surface area contributed by atoms with Crippen LogP contribution in [0.3, 0.4) is 0 Å². The number of rotatable bonds is 5. The molecule has 3 rings (SSSR count). The van der Waals surface area contributed by atoms with E-state index in [9.17, 15) is 24.0 Å². The van der Waals surface area contributed by atoms with Crippen molar-refractivity contribution in [3.63, 3.8) is 0 Å². The number of benzene rings is 1. The molecular weight excluding hydrogens is 342 g/mol. The highest BCUT2D eigenvalue weighted by molar-refractivity contribution is 6.06. The molecule has 2 heterocycles. The van der Waals surface area contributed by atoms with Crippen LogP contribution >= 0.6 is 0 Å². The minimum Gasteiger partial charge on any atom is -0.481 e. The van der Waals surface area contributed by atoms with Crippen LogP contribution < -0.4 is 10.6 Å². The average molecular weight is 359 g/mol. The Labute approximate surface area is 148 Å². The number of imide groups is 1. The Balaban J connectivity index is 1.71. The molecule has 1 saturated heterocycles. The Kier molecular flexibility index (Phi) is 4.70. The van der Waals surface area contributed by atoms with Crippen LogP contribution in [-0.2, 0) is 25.7 Å². The van der Waals surface area contributed by atoms with Crippen molar-refractivity contribution in [1.82, 2.24) is 10.2 Å². The minimum atomic E-state index is -1.07. The summed E-state index contributed by atoms with van der Waals surface area (Å²) in [6.07, 6.45) is 0.0202. The average Bonchev–Trinajstić information content (AvgIpc) is 2.90. The molecule has 26 heavy (non-hydrogen) atoms. The molecule has 4 amide bonds. The van der Waals surface area contributed by atoms with Crippen molar-refractivity contribution in [3.05, 3.63) is 29.3 Å². The van der Waals surface area contributed by atoms with Gasteiger partial charge < -0.3 is 15.3 Å². The van der Waals surface area contributed by atoms with Crippen molar-refractivity contribution in [2.75, 3.05) is 5.32 Å². The second-order valence-corrected chi connectivity index (χ2v) is 6.21. The third kappa shape index (κ3) is 3.56. The first-order chi connectivity index (χ1) is 12.3. The number of carbonyl (C=O) groups excluding carboxylic acids is 4. The standard InChI is InChI=1S/C17H17N3O6/c21-13(5-6-15(23)24)18-10-2-1-9-8-20(17(26)11(9)7-10)12-3-4-14(22)19-16(12)25/h1-2,7,12H,3-6,8H2,(H,18,21)(H,23,24)(H,19,22,25). The lowest BCUT2D eigenvalue weighted by atomic mass is 10.0. The maximum atomic E-state index is 12.6. The maximum Gasteiger partial charge on any atom is 0.303 e. The van der Waals surface area contributed by atoms with Crippen LogP contribution in [0.1, 0.15) is 41.6 Å². The molecule has 0 radical (unpaired) electrons. The molecule has 2 aliphatic heterocycles. The van der Waals surface area contributed by atoms with Crippen molar-refractivity contribution in [2.24, 2.45) is 0 Å². The Hall–Kier alpha value is -3.23. The van der Waals surface area contributed by atoms with Crippen LogP contribution in [0.2, 0.25) is 0 Å². The Morgan fingerprint density at radius 3 is 2.69 bits per heavy atom. The van der Waals surface area contributed by atoms with Crippen molar-refractivity contribution in [2.45, 2.75) is 38.3 Å². The lowest BCUT2D eigenvalue weighted by Crippen LogP contribution is -2.52. The van der Waals surface area contributed by atoms with Gasteiger partial charge in [-0.2, -0.15) is 0 Å². The lowest BCUT2D eigenvalue weighted by Gasteiger charge is -2.29. The first-order valence-electron chi connectivity index (χ1n) is 8.14. The molecule has 1 unspecified atom stereocenters. The molecule has 9 heteroatoms. The quantitative estimate of drug-likeness (QED) is 0.646. The number of nitrogens with zero attached hydrogens (tertiary/aromatic N) is 1. The fourth-order valence-corrected chi connectivity index (χ4v) is 3.08. The predicted octanol–water partition coefficient (Wildman–Crippen LogP) is 0.251. The number of aliphatic carboxylic acids is 1. The monoisotopic (exact) mass is 359 g/mol. The second kappa shape index (κ2) is 6.95. The SMILES string of the molecule is O=C(O)CCC(=O)Nc1ccc2c(c1)C(=O)N(C1CCC(=O)NC1=O)C2. The number of hydrogen-bond acceptors (Lipinski definition) is 5. The molecule has 1 atom stereocenters. The number of nitrogens with one attached hydrogen (secondary N) is 2. The third-order valence-corrected chi connectivity index (χ3v) is 4.38. The summed E-state index contributed by atoms with van der Waals surface area (Å²) in [5, 5.41) is 13.4. The van der Waals surface area contributed by atoms with Gasteiger partial charge in [0.1, 0.15) is 6.04 Å². The molecule has 0 spiro atoms. The van der Waals surface area contributed by atoms with E-state index in [4.69, 9.17) is 5.11 Å². The molecule has 136 valence electrons. The van der Waals surface area contributed by atoms with E-state index in [2.05, 4.69) is 10.6 Å². The summed E-state index contributed by atoms with van der Waals surface area (Å²) in [6, 6.07) is 4.13. The number of carbonyl (C=O) groups is 5. The molecule has 3 N–H and O–H groups in total. The molecule has 1 fully saturated rings. The number of amides is 4. The van der Waals surface area contributed by atoms with Crippen molar-refractivity contribution in [3.8, 4) is 0 Å². The third-order valence-electron chi connectivity index (χ3n) is 4.38. The number of fused-ring (bicyclic) bond motifs is 1. The van der Waals surface area contributed by atoms with Gasteiger partial charge in [-0.1, -0.05) is 6.07 Å². The van der Waals surface area contributed by atoms with Crippen LogP contribution in [0.15, 0.2) is 18.2 Å². The van der Waals surface area contributed by atoms with Gasteiger partial charge in [0.15, 0.2) is 0 Å². The van der Waals surface area contributed by atoms with Gasteiger partial charge >= 0.3 is 5.97 Å². The predicted molar refractivity (Wildman–Crippen MR) is 88.0 cm³/mol. The summed E-state index contributed by atoms with van der Waals surface area (Å²) in [7, 11) is 0. The van der Waals surface area contributed by atoms with E-state index < -0.39 is 23.8 Å². The smallest absolute Gasteiger partial charge is 0.303 e. The summed E-state index contributed by atoms with van der Waals surface area (Å²) >= 11 is 0. The van der Waals surface area contributed by atoms with Crippen molar-refractivity contribution < 1.29 is 29.1 Å². The Bertz CT molecular complexity index is 819. The molecule has 0 aromatic heterocycles. The zero-order valence-corrected chi connectivity index (χ0v) is 13.8. The summed E-state index contributed by atoms with van der Waals surface area (Å²) in [5.41, 5.74) is 1.49. The van der Waals surface area contributed by atoms with Crippen LogP contribution in [0.5, 0.6) is 0 Å². The van der Waals surface area contributed by atoms with E-state index in [0.717, 1.165) is 5.56 Å². The van der Waals surface area contributed by atoms with Crippen LogP contribution in [0.4, 0.5) is 5.69 Å². The van der Waals surface area contributed by atoms with Crippen molar-refractivity contribution in [1.29, 1.82) is 0 Å². The first kappa shape index (κ1) is 17.6. The number of piperidine rings is 1. The van der Waals surface area contributed by atoms with Gasteiger partial charge in [0, 0.05) is 30.6 Å². The molecule has 1 aromatic carbocycles. The molecule has 2 aliphatic rings. The number of carboxylic acid groups (broad SMARTS) is 1. The van der Waals surface area contributed by atoms with E-state index in [1.807, 2.05) is 0 Å². The first-order valence-corrected chi connectivity index (χ1v) is 8.14. The summed E-state index contributed by atoms with van der Waals surface area (Å²) in [6.45, 7) is 0.258. The van der Waals surface area contributed by atoms with Gasteiger partial charge in [-0.15, -0.1) is 0 Å². The Morgan fingerprint density at radius 1 is 1.23 bits per heavy atom. The summed E-state index contributed by atoms with van der Waals surface area (Å²) < 4.78 is 0. The van der Waals surface area contributed by atoms with Gasteiger partial charge in [0.05, 0.1) is 6.42 Å². The molecule has 0 aliphatic carbocycles. The van der Waals surface area contributed by atoms with Gasteiger partial charge in [0.2, 0.25) is 17.7 Å².